The van der Waals surface area contributed by atoms with Gasteiger partial charge in [0.15, 0.2) is 5.78 Å². The molecular formula is C10H11BrO2S. The zero-order valence-electron chi connectivity index (χ0n) is 8.09. The molecule has 1 aromatic rings. The van der Waals surface area contributed by atoms with E-state index in [1.807, 2.05) is 0 Å². The van der Waals surface area contributed by atoms with E-state index in [-0.39, 0.29) is 18.3 Å². The molecule has 0 saturated carbocycles. The molecule has 2 rings (SSSR count). The minimum atomic E-state index is -0.0469. The third kappa shape index (κ3) is 1.55. The fraction of sp³-hybridized carbons (Fsp3) is 0.500. The molecule has 1 fully saturated rings. The Bertz CT molecular complexity index is 384. The van der Waals surface area contributed by atoms with E-state index >= 15 is 0 Å². The van der Waals surface area contributed by atoms with E-state index < -0.39 is 0 Å². The van der Waals surface area contributed by atoms with E-state index in [4.69, 9.17) is 4.74 Å². The molecular weight excluding hydrogens is 264 g/mol. The zero-order valence-corrected chi connectivity index (χ0v) is 10.5. The molecule has 0 spiro atoms. The number of hydrogen-bond donors (Lipinski definition) is 0. The molecule has 0 aromatic carbocycles. The second-order valence-electron chi connectivity index (χ2n) is 3.48. The average molecular weight is 275 g/mol. The lowest BCUT2D eigenvalue weighted by Crippen LogP contribution is -2.09. The Kier molecular flexibility index (Phi) is 2.77. The van der Waals surface area contributed by atoms with Crippen LogP contribution in [0.25, 0.3) is 0 Å². The van der Waals surface area contributed by atoms with Gasteiger partial charge in [0.2, 0.25) is 0 Å². The van der Waals surface area contributed by atoms with Crippen LogP contribution in [0.4, 0.5) is 0 Å². The third-order valence-electron chi connectivity index (χ3n) is 2.50. The van der Waals surface area contributed by atoms with Gasteiger partial charge < -0.3 is 4.74 Å². The zero-order chi connectivity index (χ0) is 10.3. The van der Waals surface area contributed by atoms with Crippen molar-refractivity contribution in [3.05, 3.63) is 19.8 Å². The van der Waals surface area contributed by atoms with Crippen molar-refractivity contribution in [2.75, 3.05) is 13.2 Å². The summed E-state index contributed by atoms with van der Waals surface area (Å²) in [6.07, 6.45) is 0. The number of aryl methyl sites for hydroxylation is 2. The molecule has 76 valence electrons. The lowest BCUT2D eigenvalue weighted by Gasteiger charge is -2.06. The maximum absolute atomic E-state index is 11.5. The predicted molar refractivity (Wildman–Crippen MR) is 60.1 cm³/mol. The van der Waals surface area contributed by atoms with Crippen molar-refractivity contribution in [1.29, 1.82) is 0 Å². The lowest BCUT2D eigenvalue weighted by molar-refractivity contribution is -0.118. The molecule has 4 heteroatoms. The van der Waals surface area contributed by atoms with Crippen molar-refractivity contribution in [2.24, 2.45) is 0 Å². The summed E-state index contributed by atoms with van der Waals surface area (Å²) >= 11 is 5.27. The van der Waals surface area contributed by atoms with Gasteiger partial charge in [-0.1, -0.05) is 0 Å². The lowest BCUT2D eigenvalue weighted by atomic mass is 9.98. The summed E-state index contributed by atoms with van der Waals surface area (Å²) in [5.74, 6) is 0.154. The molecule has 2 nitrogen and oxygen atoms in total. The van der Waals surface area contributed by atoms with Crippen LogP contribution in [0, 0.1) is 13.8 Å². The molecule has 0 aliphatic carbocycles. The van der Waals surface area contributed by atoms with E-state index in [1.54, 1.807) is 11.3 Å². The highest BCUT2D eigenvalue weighted by molar-refractivity contribution is 9.10. The van der Waals surface area contributed by atoms with Gasteiger partial charge in [0, 0.05) is 14.2 Å². The number of rotatable bonds is 1. The van der Waals surface area contributed by atoms with Crippen molar-refractivity contribution >= 4 is 33.0 Å². The van der Waals surface area contributed by atoms with Gasteiger partial charge in [-0.15, -0.1) is 11.3 Å². The Morgan fingerprint density at radius 1 is 1.43 bits per heavy atom. The Morgan fingerprint density at radius 3 is 2.57 bits per heavy atom. The van der Waals surface area contributed by atoms with Crippen LogP contribution in [0.2, 0.25) is 0 Å². The van der Waals surface area contributed by atoms with Gasteiger partial charge in [0.25, 0.3) is 0 Å². The summed E-state index contributed by atoms with van der Waals surface area (Å²) in [5, 5.41) is 0. The topological polar surface area (TPSA) is 26.3 Å². The summed E-state index contributed by atoms with van der Waals surface area (Å²) in [4.78, 5) is 14.0. The molecule has 0 amide bonds. The number of Topliss-reactive ketones (excluding diaryl/α,β-unsaturated/α-hetero) is 1. The number of thiophene rings is 1. The molecule has 2 heterocycles. The first-order valence-electron chi connectivity index (χ1n) is 4.47. The van der Waals surface area contributed by atoms with Crippen molar-refractivity contribution in [3.8, 4) is 0 Å². The van der Waals surface area contributed by atoms with Gasteiger partial charge in [0.05, 0.1) is 12.5 Å². The van der Waals surface area contributed by atoms with Crippen molar-refractivity contribution in [3.63, 3.8) is 0 Å². The number of carbonyl (C=O) groups excluding carboxylic acids is 1. The number of ketones is 1. The van der Waals surface area contributed by atoms with Crippen LogP contribution in [0.3, 0.4) is 0 Å². The molecule has 1 saturated heterocycles. The first-order valence-corrected chi connectivity index (χ1v) is 6.08. The average Bonchev–Trinajstić information content (AvgIpc) is 2.60. The second-order valence-corrected chi connectivity index (χ2v) is 5.70. The Hall–Kier alpha value is -0.190. The van der Waals surface area contributed by atoms with Crippen LogP contribution in [0.1, 0.15) is 21.2 Å². The van der Waals surface area contributed by atoms with Crippen molar-refractivity contribution in [2.45, 2.75) is 19.8 Å². The largest absolute Gasteiger partial charge is 0.373 e. The quantitative estimate of drug-likeness (QED) is 0.787. The molecule has 0 bridgehead atoms. The highest BCUT2D eigenvalue weighted by Gasteiger charge is 2.31. The highest BCUT2D eigenvalue weighted by Crippen LogP contribution is 2.38. The molecule has 1 unspecified atom stereocenters. The van der Waals surface area contributed by atoms with Crippen molar-refractivity contribution < 1.29 is 9.53 Å². The van der Waals surface area contributed by atoms with Gasteiger partial charge in [-0.05, 0) is 35.3 Å². The number of hydrogen-bond acceptors (Lipinski definition) is 3. The summed E-state index contributed by atoms with van der Waals surface area (Å²) in [6.45, 7) is 4.93. The van der Waals surface area contributed by atoms with Crippen molar-refractivity contribution in [1.82, 2.24) is 0 Å². The van der Waals surface area contributed by atoms with E-state index in [9.17, 15) is 4.79 Å². The van der Waals surface area contributed by atoms with Gasteiger partial charge >= 0.3 is 0 Å². The van der Waals surface area contributed by atoms with Gasteiger partial charge in [-0.3, -0.25) is 4.79 Å². The number of carbonyl (C=O) groups is 1. The Morgan fingerprint density at radius 2 is 2.14 bits per heavy atom. The normalized spacial score (nSPS) is 21.9. The van der Waals surface area contributed by atoms with E-state index in [0.29, 0.717) is 6.61 Å². The minimum absolute atomic E-state index is 0.0469. The minimum Gasteiger partial charge on any atom is -0.373 e. The molecule has 1 aromatic heterocycles. The summed E-state index contributed by atoms with van der Waals surface area (Å²) in [5.41, 5.74) is 1.13. The SMILES string of the molecule is Cc1sc(C)c(C2COCC2=O)c1Br. The fourth-order valence-corrected chi connectivity index (χ4v) is 3.75. The molecule has 1 aliphatic rings. The van der Waals surface area contributed by atoms with E-state index in [0.717, 1.165) is 10.0 Å². The number of halogens is 1. The first kappa shape index (κ1) is 10.3. The Labute approximate surface area is 95.4 Å². The van der Waals surface area contributed by atoms with E-state index in [2.05, 4.69) is 29.8 Å². The van der Waals surface area contributed by atoms with E-state index in [1.165, 1.54) is 9.75 Å². The second kappa shape index (κ2) is 3.76. The first-order chi connectivity index (χ1) is 6.61. The third-order valence-corrected chi connectivity index (χ3v) is 4.82. The number of ether oxygens (including phenoxy) is 1. The van der Waals surface area contributed by atoms with Crippen LogP contribution in [0.15, 0.2) is 4.47 Å². The smallest absolute Gasteiger partial charge is 0.168 e. The summed E-state index contributed by atoms with van der Waals surface area (Å²) in [6, 6.07) is 0. The predicted octanol–water partition coefficient (Wildman–Crippen LogP) is 2.81. The maximum atomic E-state index is 11.5. The van der Waals surface area contributed by atoms with Crippen LogP contribution in [-0.4, -0.2) is 19.0 Å². The standard InChI is InChI=1S/C10H11BrO2S/c1-5-9(10(11)6(2)14-5)7-3-13-4-8(7)12/h7H,3-4H2,1-2H3. The molecule has 0 radical (unpaired) electrons. The Balaban J connectivity index is 2.44. The summed E-state index contributed by atoms with van der Waals surface area (Å²) < 4.78 is 6.26. The highest BCUT2D eigenvalue weighted by atomic mass is 79.9. The van der Waals surface area contributed by atoms with Crippen LogP contribution < -0.4 is 0 Å². The molecule has 1 atom stereocenters. The van der Waals surface area contributed by atoms with Gasteiger partial charge in [-0.2, -0.15) is 0 Å². The van der Waals surface area contributed by atoms with Gasteiger partial charge in [0.1, 0.15) is 6.61 Å². The van der Waals surface area contributed by atoms with Crippen LogP contribution >= 0.6 is 27.3 Å². The molecule has 1 aliphatic heterocycles. The van der Waals surface area contributed by atoms with Crippen LogP contribution in [-0.2, 0) is 9.53 Å². The fourth-order valence-electron chi connectivity index (χ4n) is 1.79. The molecule has 14 heavy (non-hydrogen) atoms. The summed E-state index contributed by atoms with van der Waals surface area (Å²) in [7, 11) is 0. The van der Waals surface area contributed by atoms with Crippen LogP contribution in [0.5, 0.6) is 0 Å². The monoisotopic (exact) mass is 274 g/mol. The maximum Gasteiger partial charge on any atom is 0.168 e. The van der Waals surface area contributed by atoms with Gasteiger partial charge in [-0.25, -0.2) is 0 Å². The molecule has 0 N–H and O–H groups in total.